The Balaban J connectivity index is 1.94. The molecule has 18 heteroatoms. The molecule has 0 bridgehead atoms. The fraction of sp³-hybridized carbons (Fsp3) is 0.421. The lowest BCUT2D eigenvalue weighted by molar-refractivity contribution is -0.147. The summed E-state index contributed by atoms with van der Waals surface area (Å²) in [7, 11) is -3.66. The summed E-state index contributed by atoms with van der Waals surface area (Å²) in [4.78, 5) is 46.9. The number of methoxy groups -OCH3 is 1. The summed E-state index contributed by atoms with van der Waals surface area (Å²) in [5.74, 6) is -3.23. The van der Waals surface area contributed by atoms with E-state index < -0.39 is 63.1 Å². The molecule has 0 spiro atoms. The van der Waals surface area contributed by atoms with Crippen molar-refractivity contribution in [1.29, 1.82) is 0 Å². The van der Waals surface area contributed by atoms with Gasteiger partial charge < -0.3 is 30.9 Å². The van der Waals surface area contributed by atoms with Crippen molar-refractivity contribution in [1.82, 2.24) is 19.3 Å². The van der Waals surface area contributed by atoms with Gasteiger partial charge >= 0.3 is 10.3 Å². The maximum atomic E-state index is 13.1. The van der Waals surface area contributed by atoms with Crippen LogP contribution in [0.2, 0.25) is 0 Å². The zero-order valence-electron chi connectivity index (χ0n) is 19.6. The predicted molar refractivity (Wildman–Crippen MR) is 127 cm³/mol. The number of anilines is 1. The van der Waals surface area contributed by atoms with Crippen LogP contribution in [0.4, 0.5) is 5.13 Å². The van der Waals surface area contributed by atoms with E-state index in [-0.39, 0.29) is 27.4 Å². The van der Waals surface area contributed by atoms with Gasteiger partial charge in [0.15, 0.2) is 22.7 Å². The fourth-order valence-electron chi connectivity index (χ4n) is 3.47. The van der Waals surface area contributed by atoms with Crippen molar-refractivity contribution in [3.63, 3.8) is 0 Å². The number of ether oxygens (including phenoxy) is 1. The van der Waals surface area contributed by atoms with E-state index in [4.69, 9.17) is 15.3 Å². The molecule has 0 aliphatic carbocycles. The molecule has 0 radical (unpaired) electrons. The summed E-state index contributed by atoms with van der Waals surface area (Å²) in [6.45, 7) is 3.02. The number of nitrogens with two attached hydrogens (primary N) is 1. The molecule has 1 unspecified atom stereocenters. The number of thiazole rings is 1. The highest BCUT2D eigenvalue weighted by molar-refractivity contribution is 7.84. The highest BCUT2D eigenvalue weighted by Crippen LogP contribution is 2.27. The molecular weight excluding hydrogens is 536 g/mol. The van der Waals surface area contributed by atoms with Crippen LogP contribution in [0.3, 0.4) is 0 Å². The summed E-state index contributed by atoms with van der Waals surface area (Å²) >= 11 is 0.974. The molecule has 1 aliphatic rings. The van der Waals surface area contributed by atoms with Crippen molar-refractivity contribution in [3.8, 4) is 5.75 Å². The minimum atomic E-state index is -4.90. The van der Waals surface area contributed by atoms with Crippen LogP contribution in [0, 0.1) is 5.92 Å². The number of hydrogen-bond donors (Lipinski definition) is 5. The number of aromatic nitrogens is 2. The summed E-state index contributed by atoms with van der Waals surface area (Å²) in [5, 5.41) is 27.3. The van der Waals surface area contributed by atoms with Gasteiger partial charge in [0, 0.05) is 18.6 Å². The smallest absolute Gasteiger partial charge is 0.362 e. The monoisotopic (exact) mass is 560 g/mol. The lowest BCUT2D eigenvalue weighted by Crippen LogP contribution is -2.73. The number of pyridine rings is 1. The van der Waals surface area contributed by atoms with E-state index in [9.17, 15) is 37.7 Å². The van der Waals surface area contributed by atoms with Gasteiger partial charge in [-0.05, 0) is 5.92 Å². The van der Waals surface area contributed by atoms with E-state index in [2.05, 4.69) is 15.5 Å². The number of nitrogens with zero attached hydrogens (tertiary/aromatic N) is 4. The second-order valence-corrected chi connectivity index (χ2v) is 10.3. The van der Waals surface area contributed by atoms with E-state index in [0.29, 0.717) is 4.73 Å². The van der Waals surface area contributed by atoms with E-state index in [1.807, 2.05) is 0 Å². The third kappa shape index (κ3) is 5.82. The maximum absolute atomic E-state index is 13.1. The number of aromatic hydroxyl groups is 1. The van der Waals surface area contributed by atoms with E-state index in [1.54, 1.807) is 13.8 Å². The molecule has 1 fully saturated rings. The molecule has 37 heavy (non-hydrogen) atoms. The Kier molecular flexibility index (Phi) is 8.06. The standard InChI is InChI=1S/C19H24N6O10S2/c1-8(2)16(10-4-12(26)13(27)5-24(10)30)35-23-14(9-7-36-19(20)21-9)17(28)22-15-11(6-34-3)25(18(15)29)37(31,32)33/h4-5,7-8,11,15-16,27,30H,6H2,1-3H3,(H2,20,21)(H,22,28)(H,31,32,33)/b23-14-/t11-,15+,16?/m1/s1. The number of hydrogen-bond acceptors (Lipinski definition) is 13. The van der Waals surface area contributed by atoms with Gasteiger partial charge in [-0.2, -0.15) is 13.1 Å². The Morgan fingerprint density at radius 3 is 2.59 bits per heavy atom. The average Bonchev–Trinajstić information content (AvgIpc) is 3.22. The average molecular weight is 561 g/mol. The van der Waals surface area contributed by atoms with Crippen molar-refractivity contribution < 1.29 is 42.4 Å². The van der Waals surface area contributed by atoms with Gasteiger partial charge in [-0.3, -0.25) is 18.9 Å². The number of carbonyl (C=O) groups is 2. The van der Waals surface area contributed by atoms with Gasteiger partial charge in [0.2, 0.25) is 5.43 Å². The molecule has 3 heterocycles. The van der Waals surface area contributed by atoms with Crippen molar-refractivity contribution in [2.75, 3.05) is 19.5 Å². The van der Waals surface area contributed by atoms with E-state index in [1.165, 1.54) is 12.5 Å². The normalized spacial score (nSPS) is 19.0. The summed E-state index contributed by atoms with van der Waals surface area (Å²) in [6.07, 6.45) is -0.327. The zero-order chi connectivity index (χ0) is 27.7. The molecule has 1 aliphatic heterocycles. The second kappa shape index (κ2) is 10.7. The molecule has 6 N–H and O–H groups in total. The Hall–Kier alpha value is -3.74. The highest BCUT2D eigenvalue weighted by atomic mass is 32.2. The van der Waals surface area contributed by atoms with Crippen LogP contribution >= 0.6 is 11.3 Å². The van der Waals surface area contributed by atoms with Gasteiger partial charge in [-0.15, -0.1) is 11.3 Å². The van der Waals surface area contributed by atoms with Crippen LogP contribution in [0.1, 0.15) is 31.3 Å². The minimum absolute atomic E-state index is 0.0451. The molecule has 2 aromatic rings. The number of oxime groups is 1. The highest BCUT2D eigenvalue weighted by Gasteiger charge is 2.54. The molecule has 2 aromatic heterocycles. The first-order valence-electron chi connectivity index (χ1n) is 10.5. The Labute approximate surface area is 213 Å². The van der Waals surface area contributed by atoms with E-state index >= 15 is 0 Å². The van der Waals surface area contributed by atoms with Gasteiger partial charge in [0.05, 0.1) is 12.8 Å². The van der Waals surface area contributed by atoms with Crippen molar-refractivity contribution in [2.24, 2.45) is 11.1 Å². The summed E-state index contributed by atoms with van der Waals surface area (Å²) < 4.78 is 37.9. The number of amides is 2. The third-order valence-corrected chi connectivity index (χ3v) is 6.84. The molecule has 16 nitrogen and oxygen atoms in total. The van der Waals surface area contributed by atoms with Crippen molar-refractivity contribution >= 4 is 44.3 Å². The molecular formula is C19H24N6O10S2. The lowest BCUT2D eigenvalue weighted by atomic mass is 9.99. The number of rotatable bonds is 10. The molecule has 3 rings (SSSR count). The first-order chi connectivity index (χ1) is 17.3. The van der Waals surface area contributed by atoms with Crippen LogP contribution in [-0.2, 0) is 29.5 Å². The summed E-state index contributed by atoms with van der Waals surface area (Å²) in [6, 6.07) is -1.69. The Morgan fingerprint density at radius 2 is 2.05 bits per heavy atom. The molecule has 1 saturated heterocycles. The minimum Gasteiger partial charge on any atom is -0.503 e. The van der Waals surface area contributed by atoms with Crippen LogP contribution in [-0.4, -0.2) is 80.6 Å². The first-order valence-corrected chi connectivity index (χ1v) is 12.7. The third-order valence-electron chi connectivity index (χ3n) is 5.22. The molecule has 0 aromatic carbocycles. The molecule has 202 valence electrons. The Morgan fingerprint density at radius 1 is 1.38 bits per heavy atom. The lowest BCUT2D eigenvalue weighted by Gasteiger charge is -2.43. The van der Waals surface area contributed by atoms with Gasteiger partial charge in [0.25, 0.3) is 11.8 Å². The topological polar surface area (TPSA) is 236 Å². The predicted octanol–water partition coefficient (Wildman–Crippen LogP) is -0.907. The Bertz CT molecular complexity index is 1390. The molecule has 2 amide bonds. The molecule has 0 saturated carbocycles. The number of β-lactam (4-membered cyclic amide) rings is 1. The number of nitrogen functional groups attached to an aromatic ring is 1. The van der Waals surface area contributed by atoms with Crippen LogP contribution in [0.5, 0.6) is 5.75 Å². The van der Waals surface area contributed by atoms with Gasteiger partial charge in [0.1, 0.15) is 23.5 Å². The van der Waals surface area contributed by atoms with Gasteiger partial charge in [-0.1, -0.05) is 19.0 Å². The zero-order valence-corrected chi connectivity index (χ0v) is 21.3. The second-order valence-electron chi connectivity index (χ2n) is 8.16. The fourth-order valence-corrected chi connectivity index (χ4v) is 4.89. The van der Waals surface area contributed by atoms with Crippen LogP contribution in [0.15, 0.2) is 27.6 Å². The summed E-state index contributed by atoms with van der Waals surface area (Å²) in [5.41, 5.74) is 4.28. The SMILES string of the molecule is COC[C@@H]1[C@H](NC(=O)/C(=N\OC(c2cc(=O)c(O)cn2O)C(C)C)c2csc(N)n2)C(=O)N1S(=O)(=O)O. The van der Waals surface area contributed by atoms with Crippen molar-refractivity contribution in [3.05, 3.63) is 39.3 Å². The maximum Gasteiger partial charge on any atom is 0.362 e. The van der Waals surface area contributed by atoms with Gasteiger partial charge in [-0.25, -0.2) is 9.29 Å². The quantitative estimate of drug-likeness (QED) is 0.0781. The first kappa shape index (κ1) is 27.8. The number of carbonyl (C=O) groups excluding carboxylic acids is 2. The molecule has 3 atom stereocenters. The largest absolute Gasteiger partial charge is 0.503 e. The van der Waals surface area contributed by atoms with E-state index in [0.717, 1.165) is 23.6 Å². The van der Waals surface area contributed by atoms with Crippen LogP contribution in [0.25, 0.3) is 0 Å². The van der Waals surface area contributed by atoms with Crippen molar-refractivity contribution in [2.45, 2.75) is 32.0 Å². The van der Waals surface area contributed by atoms with Crippen LogP contribution < -0.4 is 16.5 Å². The number of nitrogens with one attached hydrogen (secondary N) is 1.